The summed E-state index contributed by atoms with van der Waals surface area (Å²) in [7, 11) is 0. The molecule has 23 heavy (non-hydrogen) atoms. The van der Waals surface area contributed by atoms with E-state index in [1.54, 1.807) is 13.8 Å². The average Bonchev–Trinajstić information content (AvgIpc) is 2.43. The molecule has 1 aromatic rings. The van der Waals surface area contributed by atoms with Crippen LogP contribution in [0.5, 0.6) is 0 Å². The zero-order valence-electron chi connectivity index (χ0n) is 12.6. The number of rotatable bonds is 5. The van der Waals surface area contributed by atoms with Crippen LogP contribution in [0.1, 0.15) is 19.4 Å². The molecule has 0 fully saturated rings. The van der Waals surface area contributed by atoms with Crippen molar-refractivity contribution in [3.63, 3.8) is 0 Å². The minimum absolute atomic E-state index is 0.0341. The Labute approximate surface area is 137 Å². The van der Waals surface area contributed by atoms with Crippen molar-refractivity contribution in [3.8, 4) is 0 Å². The van der Waals surface area contributed by atoms with Crippen molar-refractivity contribution in [2.45, 2.75) is 19.9 Å². The first-order valence-electron chi connectivity index (χ1n) is 6.68. The topological polar surface area (TPSA) is 84.5 Å². The van der Waals surface area contributed by atoms with Gasteiger partial charge >= 0.3 is 12.0 Å². The molecule has 0 saturated heterocycles. The molecule has 8 heteroatoms. The van der Waals surface area contributed by atoms with Gasteiger partial charge in [0.05, 0.1) is 5.02 Å². The minimum Gasteiger partial charge on any atom is -0.452 e. The molecule has 2 N–H and O–H groups in total. The highest BCUT2D eigenvalue weighted by molar-refractivity contribution is 6.32. The summed E-state index contributed by atoms with van der Waals surface area (Å²) in [4.78, 5) is 34.1. The molecule has 1 aromatic carbocycles. The lowest BCUT2D eigenvalue weighted by molar-refractivity contribution is -0.143. The Morgan fingerprint density at radius 3 is 2.65 bits per heavy atom. The van der Waals surface area contributed by atoms with Crippen molar-refractivity contribution in [1.82, 2.24) is 10.6 Å². The van der Waals surface area contributed by atoms with Crippen molar-refractivity contribution in [1.29, 1.82) is 0 Å². The Hall–Kier alpha value is -2.41. The summed E-state index contributed by atoms with van der Waals surface area (Å²) >= 11 is 5.79. The van der Waals surface area contributed by atoms with Gasteiger partial charge in [-0.2, -0.15) is 0 Å². The Balaban J connectivity index is 2.47. The van der Waals surface area contributed by atoms with E-state index in [-0.39, 0.29) is 16.6 Å². The Morgan fingerprint density at radius 1 is 1.35 bits per heavy atom. The third-order valence-corrected chi connectivity index (χ3v) is 2.73. The normalized spacial score (nSPS) is 10.7. The summed E-state index contributed by atoms with van der Waals surface area (Å²) in [5.74, 6) is -2.25. The second-order valence-corrected chi connectivity index (χ2v) is 5.16. The fourth-order valence-electron chi connectivity index (χ4n) is 1.47. The van der Waals surface area contributed by atoms with E-state index in [1.165, 1.54) is 18.2 Å². The molecule has 3 amide bonds. The third kappa shape index (κ3) is 6.92. The van der Waals surface area contributed by atoms with Crippen molar-refractivity contribution in [3.05, 3.63) is 40.7 Å². The molecule has 0 atom stereocenters. The lowest BCUT2D eigenvalue weighted by atomic mass is 10.2. The van der Waals surface area contributed by atoms with Gasteiger partial charge in [-0.1, -0.05) is 17.7 Å². The molecule has 0 aliphatic rings. The maximum absolute atomic E-state index is 13.5. The first-order chi connectivity index (χ1) is 10.8. The lowest BCUT2D eigenvalue weighted by Crippen LogP contribution is -2.43. The number of carbonyl (C=O) groups is 3. The van der Waals surface area contributed by atoms with Gasteiger partial charge in [-0.3, -0.25) is 10.1 Å². The molecule has 6 nitrogen and oxygen atoms in total. The van der Waals surface area contributed by atoms with Crippen molar-refractivity contribution < 1.29 is 23.5 Å². The van der Waals surface area contributed by atoms with E-state index in [0.717, 1.165) is 12.2 Å². The fraction of sp³-hybridized carbons (Fsp3) is 0.267. The third-order valence-electron chi connectivity index (χ3n) is 2.40. The van der Waals surface area contributed by atoms with Crippen LogP contribution >= 0.6 is 11.6 Å². The summed E-state index contributed by atoms with van der Waals surface area (Å²) in [6, 6.07) is 3.27. The second-order valence-electron chi connectivity index (χ2n) is 4.75. The molecule has 0 saturated carbocycles. The van der Waals surface area contributed by atoms with Crippen molar-refractivity contribution in [2.75, 3.05) is 6.61 Å². The van der Waals surface area contributed by atoms with Crippen LogP contribution in [0.15, 0.2) is 24.3 Å². The quantitative estimate of drug-likeness (QED) is 0.635. The number of nitrogens with one attached hydrogen (secondary N) is 2. The lowest BCUT2D eigenvalue weighted by Gasteiger charge is -2.08. The zero-order valence-corrected chi connectivity index (χ0v) is 13.3. The highest BCUT2D eigenvalue weighted by Gasteiger charge is 2.10. The molecular weight excluding hydrogens is 327 g/mol. The predicted molar refractivity (Wildman–Crippen MR) is 83.2 cm³/mol. The Bertz CT molecular complexity index is 612. The van der Waals surface area contributed by atoms with Gasteiger partial charge in [-0.25, -0.2) is 14.0 Å². The number of ether oxygens (including phenoxy) is 1. The van der Waals surface area contributed by atoms with Crippen LogP contribution in [0.3, 0.4) is 0 Å². The summed E-state index contributed by atoms with van der Waals surface area (Å²) in [6.07, 6.45) is 2.08. The number of amides is 3. The van der Waals surface area contributed by atoms with Gasteiger partial charge in [-0.05, 0) is 32.1 Å². The van der Waals surface area contributed by atoms with Gasteiger partial charge in [0.25, 0.3) is 5.91 Å². The number of hydrogen-bond acceptors (Lipinski definition) is 4. The number of esters is 1. The summed E-state index contributed by atoms with van der Waals surface area (Å²) in [5.41, 5.74) is 0.0341. The number of benzene rings is 1. The minimum atomic E-state index is -0.872. The van der Waals surface area contributed by atoms with Gasteiger partial charge in [0.1, 0.15) is 5.82 Å². The fourth-order valence-corrected chi connectivity index (χ4v) is 1.69. The molecule has 0 aliphatic heterocycles. The Morgan fingerprint density at radius 2 is 2.04 bits per heavy atom. The monoisotopic (exact) mass is 342 g/mol. The average molecular weight is 343 g/mol. The zero-order chi connectivity index (χ0) is 17.4. The van der Waals surface area contributed by atoms with Crippen LogP contribution in [-0.2, 0) is 14.3 Å². The van der Waals surface area contributed by atoms with E-state index >= 15 is 0 Å². The van der Waals surface area contributed by atoms with Gasteiger partial charge in [0, 0.05) is 17.7 Å². The molecule has 0 spiro atoms. The van der Waals surface area contributed by atoms with E-state index in [2.05, 4.69) is 10.1 Å². The maximum Gasteiger partial charge on any atom is 0.331 e. The molecule has 0 unspecified atom stereocenters. The molecule has 0 aromatic heterocycles. The number of urea groups is 1. The summed E-state index contributed by atoms with van der Waals surface area (Å²) in [6.45, 7) is 2.81. The van der Waals surface area contributed by atoms with Crippen LogP contribution in [0.25, 0.3) is 6.08 Å². The molecule has 1 rings (SSSR count). The predicted octanol–water partition coefficient (Wildman–Crippen LogP) is 2.27. The standard InChI is InChI=1S/C15H16ClFN2O4/c1-9(2)18-15(22)19-13(20)8-23-14(21)7-6-10-11(16)4-3-5-12(10)17/h3-7,9H,8H2,1-2H3,(H2,18,19,20,22)/b7-6+. The van der Waals surface area contributed by atoms with E-state index in [0.29, 0.717) is 0 Å². The number of carbonyl (C=O) groups excluding carboxylic acids is 3. The smallest absolute Gasteiger partial charge is 0.331 e. The van der Waals surface area contributed by atoms with Crippen LogP contribution < -0.4 is 10.6 Å². The summed E-state index contributed by atoms with van der Waals surface area (Å²) < 4.78 is 18.1. The molecule has 124 valence electrons. The van der Waals surface area contributed by atoms with Crippen LogP contribution in [0.4, 0.5) is 9.18 Å². The largest absolute Gasteiger partial charge is 0.452 e. The molecule has 0 bridgehead atoms. The molecule has 0 heterocycles. The van der Waals surface area contributed by atoms with E-state index in [9.17, 15) is 18.8 Å². The van der Waals surface area contributed by atoms with Crippen LogP contribution in [-0.4, -0.2) is 30.6 Å². The van der Waals surface area contributed by atoms with E-state index in [4.69, 9.17) is 11.6 Å². The first kappa shape index (κ1) is 18.6. The number of halogens is 2. The van der Waals surface area contributed by atoms with Crippen molar-refractivity contribution >= 4 is 35.6 Å². The van der Waals surface area contributed by atoms with Crippen LogP contribution in [0, 0.1) is 5.82 Å². The second kappa shape index (κ2) is 8.89. The van der Waals surface area contributed by atoms with Gasteiger partial charge in [0.15, 0.2) is 6.61 Å². The Kier molecular flexibility index (Phi) is 7.21. The molecular formula is C15H16ClFN2O4. The van der Waals surface area contributed by atoms with Crippen LogP contribution in [0.2, 0.25) is 5.02 Å². The molecule has 0 aliphatic carbocycles. The maximum atomic E-state index is 13.5. The first-order valence-corrected chi connectivity index (χ1v) is 7.06. The highest BCUT2D eigenvalue weighted by atomic mass is 35.5. The van der Waals surface area contributed by atoms with Crippen molar-refractivity contribution in [2.24, 2.45) is 0 Å². The molecule has 0 radical (unpaired) electrons. The van der Waals surface area contributed by atoms with Gasteiger partial charge in [0.2, 0.25) is 0 Å². The van der Waals surface area contributed by atoms with E-state index < -0.39 is 30.3 Å². The highest BCUT2D eigenvalue weighted by Crippen LogP contribution is 2.20. The van der Waals surface area contributed by atoms with Gasteiger partial charge in [-0.15, -0.1) is 0 Å². The SMILES string of the molecule is CC(C)NC(=O)NC(=O)COC(=O)/C=C/c1c(F)cccc1Cl. The van der Waals surface area contributed by atoms with E-state index in [1.807, 2.05) is 5.32 Å². The number of imide groups is 1. The summed E-state index contributed by atoms with van der Waals surface area (Å²) in [5, 5.41) is 4.56. The van der Waals surface area contributed by atoms with Gasteiger partial charge < -0.3 is 10.1 Å². The number of hydrogen-bond donors (Lipinski definition) is 2.